The van der Waals surface area contributed by atoms with Crippen molar-refractivity contribution in [1.29, 1.82) is 5.26 Å². The number of nitrogens with two attached hydrogens (primary N) is 1. The van der Waals surface area contributed by atoms with Crippen LogP contribution in [0.5, 0.6) is 0 Å². The molecule has 0 radical (unpaired) electrons. The quantitative estimate of drug-likeness (QED) is 0.603. The standard InChI is InChI=1S/C8H8N6/c1-11-6-5-4(2-9)3-12-7(5)14-8(10)13-6/h3H,1H3,(H4,10,11,12,13,14). The van der Waals surface area contributed by atoms with E-state index in [0.29, 0.717) is 22.4 Å². The van der Waals surface area contributed by atoms with Gasteiger partial charge < -0.3 is 16.0 Å². The summed E-state index contributed by atoms with van der Waals surface area (Å²) in [5.74, 6) is 0.735. The van der Waals surface area contributed by atoms with Crippen LogP contribution in [0.15, 0.2) is 6.20 Å². The number of nitrogens with zero attached hydrogens (tertiary/aromatic N) is 3. The Bertz CT molecular complexity index is 520. The monoisotopic (exact) mass is 188 g/mol. The molecule has 14 heavy (non-hydrogen) atoms. The number of anilines is 2. The summed E-state index contributed by atoms with van der Waals surface area (Å²) in [5, 5.41) is 12.4. The number of rotatable bonds is 1. The molecule has 0 unspecified atom stereocenters. The second-order valence-corrected chi connectivity index (χ2v) is 2.72. The fourth-order valence-corrected chi connectivity index (χ4v) is 1.32. The molecule has 4 N–H and O–H groups in total. The van der Waals surface area contributed by atoms with Crippen LogP contribution in [0, 0.1) is 11.3 Å². The summed E-state index contributed by atoms with van der Waals surface area (Å²) in [5.41, 5.74) is 6.56. The van der Waals surface area contributed by atoms with Gasteiger partial charge in [-0.3, -0.25) is 0 Å². The van der Waals surface area contributed by atoms with Gasteiger partial charge in [0, 0.05) is 13.2 Å². The number of hydrogen-bond donors (Lipinski definition) is 3. The minimum Gasteiger partial charge on any atom is -0.372 e. The van der Waals surface area contributed by atoms with Gasteiger partial charge in [-0.25, -0.2) is 0 Å². The molecule has 0 spiro atoms. The summed E-state index contributed by atoms with van der Waals surface area (Å²) in [6.45, 7) is 0. The van der Waals surface area contributed by atoms with Crippen molar-refractivity contribution in [1.82, 2.24) is 15.0 Å². The number of H-pyrrole nitrogens is 1. The molecule has 0 bridgehead atoms. The number of aromatic amines is 1. The van der Waals surface area contributed by atoms with Crippen LogP contribution < -0.4 is 11.1 Å². The molecule has 0 aliphatic carbocycles. The second-order valence-electron chi connectivity index (χ2n) is 2.72. The van der Waals surface area contributed by atoms with Crippen molar-refractivity contribution in [2.45, 2.75) is 0 Å². The SMILES string of the molecule is CNc1nc(N)nc2[nH]cc(C#N)c12. The molecule has 2 aromatic rings. The van der Waals surface area contributed by atoms with Crippen molar-refractivity contribution in [2.75, 3.05) is 18.1 Å². The fraction of sp³-hybridized carbons (Fsp3) is 0.125. The molecule has 6 nitrogen and oxygen atoms in total. The highest BCUT2D eigenvalue weighted by Crippen LogP contribution is 2.23. The number of nitrogens with one attached hydrogen (secondary N) is 2. The largest absolute Gasteiger partial charge is 0.372 e. The van der Waals surface area contributed by atoms with Gasteiger partial charge in [-0.05, 0) is 0 Å². The Hall–Kier alpha value is -2.29. The first-order chi connectivity index (χ1) is 6.76. The molecule has 0 amide bonds. The van der Waals surface area contributed by atoms with E-state index in [1.54, 1.807) is 13.2 Å². The first kappa shape index (κ1) is 8.31. The molecule has 0 fully saturated rings. The third-order valence-electron chi connectivity index (χ3n) is 1.91. The summed E-state index contributed by atoms with van der Waals surface area (Å²) in [6, 6.07) is 2.05. The third-order valence-corrected chi connectivity index (χ3v) is 1.91. The maximum Gasteiger partial charge on any atom is 0.223 e. The molecule has 0 saturated heterocycles. The Labute approximate surface area is 79.8 Å². The van der Waals surface area contributed by atoms with E-state index in [2.05, 4.69) is 26.3 Å². The van der Waals surface area contributed by atoms with Crippen LogP contribution >= 0.6 is 0 Å². The lowest BCUT2D eigenvalue weighted by Crippen LogP contribution is -2.00. The molecule has 0 aromatic carbocycles. The second kappa shape index (κ2) is 2.88. The van der Waals surface area contributed by atoms with Crippen LogP contribution in [0.4, 0.5) is 11.8 Å². The number of nitriles is 1. The van der Waals surface area contributed by atoms with Crippen LogP contribution in [-0.2, 0) is 0 Å². The van der Waals surface area contributed by atoms with Gasteiger partial charge in [-0.1, -0.05) is 0 Å². The van der Waals surface area contributed by atoms with Gasteiger partial charge >= 0.3 is 0 Å². The zero-order valence-corrected chi connectivity index (χ0v) is 7.50. The van der Waals surface area contributed by atoms with E-state index in [1.165, 1.54) is 0 Å². The van der Waals surface area contributed by atoms with Crippen molar-refractivity contribution >= 4 is 22.8 Å². The van der Waals surface area contributed by atoms with Crippen LogP contribution in [0.3, 0.4) is 0 Å². The van der Waals surface area contributed by atoms with Crippen LogP contribution in [0.1, 0.15) is 5.56 Å². The molecule has 6 heteroatoms. The Morgan fingerprint density at radius 3 is 3.00 bits per heavy atom. The van der Waals surface area contributed by atoms with Crippen LogP contribution in [0.2, 0.25) is 0 Å². The maximum absolute atomic E-state index is 8.83. The minimum absolute atomic E-state index is 0.174. The van der Waals surface area contributed by atoms with Gasteiger partial charge in [0.15, 0.2) is 0 Å². The van der Waals surface area contributed by atoms with E-state index in [9.17, 15) is 0 Å². The van der Waals surface area contributed by atoms with E-state index in [-0.39, 0.29) is 5.95 Å². The highest BCUT2D eigenvalue weighted by atomic mass is 15.1. The van der Waals surface area contributed by atoms with Gasteiger partial charge in [0.05, 0.1) is 10.9 Å². The lowest BCUT2D eigenvalue weighted by Gasteiger charge is -2.01. The summed E-state index contributed by atoms with van der Waals surface area (Å²) >= 11 is 0. The summed E-state index contributed by atoms with van der Waals surface area (Å²) in [4.78, 5) is 10.8. The predicted octanol–water partition coefficient (Wildman–Crippen LogP) is 0.453. The first-order valence-corrected chi connectivity index (χ1v) is 3.98. The number of hydrogen-bond acceptors (Lipinski definition) is 5. The summed E-state index contributed by atoms with van der Waals surface area (Å²) < 4.78 is 0. The van der Waals surface area contributed by atoms with Gasteiger partial charge in [0.1, 0.15) is 17.5 Å². The molecule has 2 rings (SSSR count). The lowest BCUT2D eigenvalue weighted by molar-refractivity contribution is 1.21. The summed E-state index contributed by atoms with van der Waals surface area (Å²) in [6.07, 6.45) is 1.58. The predicted molar refractivity (Wildman–Crippen MR) is 52.6 cm³/mol. The molecule has 0 saturated carbocycles. The zero-order chi connectivity index (χ0) is 10.1. The Kier molecular flexibility index (Phi) is 1.71. The Morgan fingerprint density at radius 1 is 1.57 bits per heavy atom. The highest BCUT2D eigenvalue weighted by molar-refractivity contribution is 5.93. The zero-order valence-electron chi connectivity index (χ0n) is 7.50. The van der Waals surface area contributed by atoms with Crippen molar-refractivity contribution < 1.29 is 0 Å². The Morgan fingerprint density at radius 2 is 2.36 bits per heavy atom. The van der Waals surface area contributed by atoms with E-state index < -0.39 is 0 Å². The minimum atomic E-state index is 0.174. The molecular weight excluding hydrogens is 180 g/mol. The van der Waals surface area contributed by atoms with Gasteiger partial charge in [-0.15, -0.1) is 0 Å². The lowest BCUT2D eigenvalue weighted by atomic mass is 10.2. The van der Waals surface area contributed by atoms with Gasteiger partial charge in [0.2, 0.25) is 5.95 Å². The van der Waals surface area contributed by atoms with E-state index in [4.69, 9.17) is 11.0 Å². The Balaban J connectivity index is 2.87. The molecule has 2 aromatic heterocycles. The number of fused-ring (bicyclic) bond motifs is 1. The molecule has 70 valence electrons. The van der Waals surface area contributed by atoms with E-state index in [0.717, 1.165) is 0 Å². The van der Waals surface area contributed by atoms with Crippen molar-refractivity contribution in [2.24, 2.45) is 0 Å². The van der Waals surface area contributed by atoms with Gasteiger partial charge in [0.25, 0.3) is 0 Å². The topological polar surface area (TPSA) is 103 Å². The van der Waals surface area contributed by atoms with Crippen LogP contribution in [0.25, 0.3) is 11.0 Å². The first-order valence-electron chi connectivity index (χ1n) is 3.98. The number of nitrogen functional groups attached to an aromatic ring is 1. The van der Waals surface area contributed by atoms with E-state index >= 15 is 0 Å². The molecule has 2 heterocycles. The van der Waals surface area contributed by atoms with Crippen molar-refractivity contribution in [3.63, 3.8) is 0 Å². The normalized spacial score (nSPS) is 10.0. The average molecular weight is 188 g/mol. The van der Waals surface area contributed by atoms with Crippen molar-refractivity contribution in [3.8, 4) is 6.07 Å². The maximum atomic E-state index is 8.83. The smallest absolute Gasteiger partial charge is 0.223 e. The molecule has 0 aliphatic heterocycles. The summed E-state index contributed by atoms with van der Waals surface area (Å²) in [7, 11) is 1.72. The molecule has 0 atom stereocenters. The van der Waals surface area contributed by atoms with Gasteiger partial charge in [-0.2, -0.15) is 15.2 Å². The van der Waals surface area contributed by atoms with Crippen molar-refractivity contribution in [3.05, 3.63) is 11.8 Å². The van der Waals surface area contributed by atoms with E-state index in [1.807, 2.05) is 0 Å². The number of aromatic nitrogens is 3. The third kappa shape index (κ3) is 1.03. The molecular formula is C8H8N6. The highest BCUT2D eigenvalue weighted by Gasteiger charge is 2.10. The average Bonchev–Trinajstić information content (AvgIpc) is 2.59. The molecule has 0 aliphatic rings. The fourth-order valence-electron chi connectivity index (χ4n) is 1.32. The van der Waals surface area contributed by atoms with Crippen LogP contribution in [-0.4, -0.2) is 22.0 Å².